The number of benzene rings is 1. The number of rotatable bonds is 1. The van der Waals surface area contributed by atoms with Gasteiger partial charge < -0.3 is 4.74 Å². The van der Waals surface area contributed by atoms with Gasteiger partial charge in [-0.2, -0.15) is 0 Å². The first-order valence-electron chi connectivity index (χ1n) is 6.84. The van der Waals surface area contributed by atoms with Crippen LogP contribution < -0.4 is 0 Å². The van der Waals surface area contributed by atoms with Crippen molar-refractivity contribution < 1.29 is 13.9 Å². The molecular weight excluding hydrogens is 243 g/mol. The minimum absolute atomic E-state index is 0.0882. The zero-order chi connectivity index (χ0) is 13.8. The number of carbonyl (C=O) groups is 1. The maximum atomic E-state index is 13.4. The van der Waals surface area contributed by atoms with Crippen LogP contribution in [0.25, 0.3) is 0 Å². The molecule has 2 aliphatic carbocycles. The first kappa shape index (κ1) is 12.6. The van der Waals surface area contributed by atoms with Gasteiger partial charge in [-0.25, -0.2) is 4.39 Å². The molecule has 1 saturated carbocycles. The third-order valence-electron chi connectivity index (χ3n) is 4.22. The van der Waals surface area contributed by atoms with Gasteiger partial charge in [0.2, 0.25) is 0 Å². The Morgan fingerprint density at radius 2 is 2.16 bits per heavy atom. The Bertz CT molecular complexity index is 544. The minimum atomic E-state index is -0.454. The van der Waals surface area contributed by atoms with Crippen molar-refractivity contribution in [2.45, 2.75) is 51.0 Å². The molecular formula is C16H19FO2. The first-order valence-corrected chi connectivity index (χ1v) is 6.84. The number of hydrogen-bond acceptors (Lipinski definition) is 2. The van der Waals surface area contributed by atoms with Crippen LogP contribution in [-0.4, -0.2) is 11.6 Å². The number of hydrogen-bond donors (Lipinski definition) is 0. The monoisotopic (exact) mass is 262 g/mol. The molecule has 2 aliphatic rings. The second kappa shape index (κ2) is 3.81. The number of carbonyl (C=O) groups excluding carboxylic acids is 1. The van der Waals surface area contributed by atoms with Gasteiger partial charge in [0.1, 0.15) is 11.4 Å². The fourth-order valence-electron chi connectivity index (χ4n) is 3.28. The Hall–Kier alpha value is -1.38. The summed E-state index contributed by atoms with van der Waals surface area (Å²) in [6.45, 7) is 5.63. The molecule has 2 unspecified atom stereocenters. The molecule has 1 aromatic carbocycles. The smallest absolute Gasteiger partial charge is 0.310 e. The summed E-state index contributed by atoms with van der Waals surface area (Å²) in [4.78, 5) is 12.2. The molecule has 0 aliphatic heterocycles. The van der Waals surface area contributed by atoms with Crippen LogP contribution in [0.1, 0.15) is 44.7 Å². The molecule has 0 aromatic heterocycles. The summed E-state index contributed by atoms with van der Waals surface area (Å²) in [7, 11) is 0. The molecule has 0 radical (unpaired) electrons. The third kappa shape index (κ3) is 2.05. The summed E-state index contributed by atoms with van der Waals surface area (Å²) >= 11 is 0. The number of esters is 1. The van der Waals surface area contributed by atoms with Crippen molar-refractivity contribution in [2.24, 2.45) is 5.92 Å². The largest absolute Gasteiger partial charge is 0.460 e. The van der Waals surface area contributed by atoms with Crippen molar-refractivity contribution in [1.29, 1.82) is 0 Å². The van der Waals surface area contributed by atoms with Crippen molar-refractivity contribution in [3.63, 3.8) is 0 Å². The summed E-state index contributed by atoms with van der Waals surface area (Å²) in [5.74, 6) is -0.436. The van der Waals surface area contributed by atoms with E-state index in [1.54, 1.807) is 6.07 Å². The van der Waals surface area contributed by atoms with Gasteiger partial charge in [0.25, 0.3) is 0 Å². The molecule has 0 N–H and O–H groups in total. The van der Waals surface area contributed by atoms with Gasteiger partial charge in [-0.15, -0.1) is 0 Å². The first-order chi connectivity index (χ1) is 8.82. The predicted octanol–water partition coefficient (Wildman–Crippen LogP) is 3.37. The van der Waals surface area contributed by atoms with Gasteiger partial charge in [-0.1, -0.05) is 6.07 Å². The lowest BCUT2D eigenvalue weighted by atomic mass is 9.95. The molecule has 0 amide bonds. The summed E-state index contributed by atoms with van der Waals surface area (Å²) in [6, 6.07) is 4.96. The van der Waals surface area contributed by atoms with E-state index in [1.165, 1.54) is 11.6 Å². The lowest BCUT2D eigenvalue weighted by molar-refractivity contribution is -0.157. The van der Waals surface area contributed by atoms with Crippen LogP contribution in [0.4, 0.5) is 4.39 Å². The topological polar surface area (TPSA) is 26.3 Å². The quantitative estimate of drug-likeness (QED) is 0.725. The molecule has 1 spiro atoms. The van der Waals surface area contributed by atoms with Gasteiger partial charge in [-0.3, -0.25) is 4.79 Å². The maximum absolute atomic E-state index is 13.4. The van der Waals surface area contributed by atoms with Crippen molar-refractivity contribution >= 4 is 5.97 Å². The number of ether oxygens (including phenoxy) is 1. The van der Waals surface area contributed by atoms with Crippen molar-refractivity contribution in [3.05, 3.63) is 35.1 Å². The van der Waals surface area contributed by atoms with Crippen LogP contribution in [-0.2, 0) is 21.4 Å². The molecule has 0 saturated heterocycles. The van der Waals surface area contributed by atoms with Crippen LogP contribution in [0.15, 0.2) is 18.2 Å². The average molecular weight is 262 g/mol. The fourth-order valence-corrected chi connectivity index (χ4v) is 3.28. The summed E-state index contributed by atoms with van der Waals surface area (Å²) < 4.78 is 18.9. The standard InChI is InChI=1S/C16H19FO2/c1-15(2,3)19-14(18)13-9-16(13)7-6-10-4-5-11(17)8-12(10)16/h4-5,8,13H,6-7,9H2,1-3H3. The molecule has 19 heavy (non-hydrogen) atoms. The highest BCUT2D eigenvalue weighted by Gasteiger charge is 2.62. The van der Waals surface area contributed by atoms with Crippen LogP contribution in [0.3, 0.4) is 0 Å². The second-order valence-electron chi connectivity index (χ2n) is 6.75. The molecule has 0 heterocycles. The summed E-state index contributed by atoms with van der Waals surface area (Å²) in [5.41, 5.74) is 1.63. The third-order valence-corrected chi connectivity index (χ3v) is 4.22. The SMILES string of the molecule is CC(C)(C)OC(=O)C1CC12CCc1ccc(F)cc12. The van der Waals surface area contributed by atoms with E-state index in [4.69, 9.17) is 4.74 Å². The van der Waals surface area contributed by atoms with Gasteiger partial charge in [0.15, 0.2) is 0 Å². The van der Waals surface area contributed by atoms with Crippen molar-refractivity contribution in [2.75, 3.05) is 0 Å². The Kier molecular flexibility index (Phi) is 2.54. The molecule has 1 fully saturated rings. The summed E-state index contributed by atoms with van der Waals surface area (Å²) in [5, 5.41) is 0. The van der Waals surface area contributed by atoms with Gasteiger partial charge in [-0.05, 0) is 63.3 Å². The van der Waals surface area contributed by atoms with Crippen LogP contribution >= 0.6 is 0 Å². The highest BCUT2D eigenvalue weighted by Crippen LogP contribution is 2.62. The zero-order valence-electron chi connectivity index (χ0n) is 11.6. The molecule has 3 rings (SSSR count). The van der Waals surface area contributed by atoms with E-state index in [9.17, 15) is 9.18 Å². The van der Waals surface area contributed by atoms with Crippen LogP contribution in [0, 0.1) is 11.7 Å². The van der Waals surface area contributed by atoms with Crippen molar-refractivity contribution in [3.8, 4) is 0 Å². The Labute approximate surface area is 113 Å². The zero-order valence-corrected chi connectivity index (χ0v) is 11.6. The molecule has 2 nitrogen and oxygen atoms in total. The van der Waals surface area contributed by atoms with E-state index < -0.39 is 5.60 Å². The predicted molar refractivity (Wildman–Crippen MR) is 70.4 cm³/mol. The molecule has 1 aromatic rings. The highest BCUT2D eigenvalue weighted by atomic mass is 19.1. The minimum Gasteiger partial charge on any atom is -0.460 e. The van der Waals surface area contributed by atoms with Crippen molar-refractivity contribution in [1.82, 2.24) is 0 Å². The molecule has 2 atom stereocenters. The van der Waals surface area contributed by atoms with Crippen LogP contribution in [0.5, 0.6) is 0 Å². The second-order valence-corrected chi connectivity index (χ2v) is 6.75. The lowest BCUT2D eigenvalue weighted by Gasteiger charge is -2.20. The molecule has 3 heteroatoms. The number of halogens is 1. The summed E-state index contributed by atoms with van der Waals surface area (Å²) in [6.07, 6.45) is 2.68. The van der Waals surface area contributed by atoms with Gasteiger partial charge in [0, 0.05) is 5.41 Å². The Morgan fingerprint density at radius 1 is 1.42 bits per heavy atom. The van der Waals surface area contributed by atoms with E-state index in [0.717, 1.165) is 24.8 Å². The van der Waals surface area contributed by atoms with E-state index in [1.807, 2.05) is 26.8 Å². The van der Waals surface area contributed by atoms with E-state index in [0.29, 0.717) is 0 Å². The molecule has 102 valence electrons. The Balaban J connectivity index is 1.83. The van der Waals surface area contributed by atoms with E-state index in [2.05, 4.69) is 0 Å². The highest BCUT2D eigenvalue weighted by molar-refractivity contribution is 5.80. The van der Waals surface area contributed by atoms with Gasteiger partial charge >= 0.3 is 5.97 Å². The van der Waals surface area contributed by atoms with Crippen LogP contribution in [0.2, 0.25) is 0 Å². The van der Waals surface area contributed by atoms with E-state index in [-0.39, 0.29) is 23.1 Å². The molecule has 0 bridgehead atoms. The van der Waals surface area contributed by atoms with Gasteiger partial charge in [0.05, 0.1) is 5.92 Å². The van der Waals surface area contributed by atoms with E-state index >= 15 is 0 Å². The lowest BCUT2D eigenvalue weighted by Crippen LogP contribution is -2.26. The number of aryl methyl sites for hydroxylation is 1. The number of fused-ring (bicyclic) bond motifs is 2. The normalized spacial score (nSPS) is 28.3. The average Bonchev–Trinajstić information content (AvgIpc) is 2.90. The maximum Gasteiger partial charge on any atom is 0.310 e. The Morgan fingerprint density at radius 3 is 2.84 bits per heavy atom. The fraction of sp³-hybridized carbons (Fsp3) is 0.562.